The molecule has 0 aliphatic rings. The van der Waals surface area contributed by atoms with Gasteiger partial charge in [0, 0.05) is 5.56 Å². The van der Waals surface area contributed by atoms with Gasteiger partial charge < -0.3 is 9.15 Å². The van der Waals surface area contributed by atoms with Crippen molar-refractivity contribution in [1.82, 2.24) is 10.2 Å². The maximum absolute atomic E-state index is 13.0. The van der Waals surface area contributed by atoms with Gasteiger partial charge in [-0.1, -0.05) is 17.2 Å². The smallest absolute Gasteiger partial charge is 0.338 e. The highest BCUT2D eigenvalue weighted by Crippen LogP contribution is 2.23. The lowest BCUT2D eigenvalue weighted by Crippen LogP contribution is -2.10. The molecule has 0 N–H and O–H groups in total. The number of aryl methyl sites for hydroxylation is 2. The van der Waals surface area contributed by atoms with Crippen molar-refractivity contribution in [3.05, 3.63) is 70.9 Å². The van der Waals surface area contributed by atoms with Gasteiger partial charge in [0.25, 0.3) is 5.89 Å². The molecule has 1 heterocycles. The Morgan fingerprint density at radius 1 is 1.08 bits per heavy atom. The molecule has 0 radical (unpaired) electrons. The molecule has 6 heteroatoms. The van der Waals surface area contributed by atoms with E-state index in [1.807, 2.05) is 19.9 Å². The Kier molecular flexibility index (Phi) is 4.61. The lowest BCUT2D eigenvalue weighted by atomic mass is 10.1. The number of carbonyl (C=O) groups is 1. The zero-order valence-corrected chi connectivity index (χ0v) is 14.1. The summed E-state index contributed by atoms with van der Waals surface area (Å²) in [4.78, 5) is 12.3. The first-order valence-electron chi connectivity index (χ1n) is 7.81. The summed E-state index contributed by atoms with van der Waals surface area (Å²) < 4.78 is 23.9. The Labute approximate surface area is 144 Å². The molecule has 0 unspecified atom stereocenters. The van der Waals surface area contributed by atoms with E-state index in [1.54, 1.807) is 31.2 Å². The number of hydrogen-bond acceptors (Lipinski definition) is 5. The van der Waals surface area contributed by atoms with Crippen molar-refractivity contribution < 1.29 is 18.3 Å². The highest BCUT2D eigenvalue weighted by atomic mass is 19.1. The fourth-order valence-electron chi connectivity index (χ4n) is 2.48. The first-order chi connectivity index (χ1) is 11.9. The molecule has 0 saturated heterocycles. The van der Waals surface area contributed by atoms with Gasteiger partial charge in [0.1, 0.15) is 5.82 Å². The SMILES string of the molecule is Cc1cc(C)cc(C(=O)O[C@@H](C)c2nnc(-c3ccc(F)cc3)o2)c1. The first-order valence-corrected chi connectivity index (χ1v) is 7.81. The van der Waals surface area contributed by atoms with E-state index in [1.165, 1.54) is 12.1 Å². The summed E-state index contributed by atoms with van der Waals surface area (Å²) in [7, 11) is 0. The Bertz CT molecular complexity index is 883. The molecule has 3 aromatic rings. The number of benzene rings is 2. The van der Waals surface area contributed by atoms with Crippen molar-refractivity contribution in [2.24, 2.45) is 0 Å². The van der Waals surface area contributed by atoms with Gasteiger partial charge in [-0.2, -0.15) is 0 Å². The molecule has 0 aliphatic heterocycles. The van der Waals surface area contributed by atoms with Gasteiger partial charge in [-0.3, -0.25) is 0 Å². The summed E-state index contributed by atoms with van der Waals surface area (Å²) >= 11 is 0. The van der Waals surface area contributed by atoms with E-state index < -0.39 is 12.1 Å². The largest absolute Gasteiger partial charge is 0.449 e. The molecular weight excluding hydrogens is 323 g/mol. The Hall–Kier alpha value is -3.02. The predicted octanol–water partition coefficient (Wildman–Crippen LogP) is 4.41. The van der Waals surface area contributed by atoms with Gasteiger partial charge in [0.05, 0.1) is 5.56 Å². The van der Waals surface area contributed by atoms with Crippen molar-refractivity contribution in [2.75, 3.05) is 0 Å². The molecule has 0 fully saturated rings. The summed E-state index contributed by atoms with van der Waals surface area (Å²) in [6, 6.07) is 11.2. The molecular formula is C19H17FN2O3. The maximum atomic E-state index is 13.0. The van der Waals surface area contributed by atoms with Crippen molar-refractivity contribution in [3.63, 3.8) is 0 Å². The van der Waals surface area contributed by atoms with Gasteiger partial charge in [-0.15, -0.1) is 10.2 Å². The number of aromatic nitrogens is 2. The Balaban J connectivity index is 1.74. The van der Waals surface area contributed by atoms with E-state index in [0.29, 0.717) is 11.1 Å². The minimum absolute atomic E-state index is 0.178. The van der Waals surface area contributed by atoms with E-state index in [4.69, 9.17) is 9.15 Å². The number of hydrogen-bond donors (Lipinski definition) is 0. The highest BCUT2D eigenvalue weighted by Gasteiger charge is 2.20. The van der Waals surface area contributed by atoms with E-state index in [0.717, 1.165) is 11.1 Å². The van der Waals surface area contributed by atoms with Crippen molar-refractivity contribution in [2.45, 2.75) is 26.9 Å². The third kappa shape index (κ3) is 3.91. The maximum Gasteiger partial charge on any atom is 0.338 e. The number of ether oxygens (including phenoxy) is 1. The summed E-state index contributed by atoms with van der Waals surface area (Å²) in [5.74, 6) is -0.388. The molecule has 0 amide bonds. The van der Waals surface area contributed by atoms with Gasteiger partial charge in [-0.25, -0.2) is 9.18 Å². The zero-order valence-electron chi connectivity index (χ0n) is 14.1. The monoisotopic (exact) mass is 340 g/mol. The fraction of sp³-hybridized carbons (Fsp3) is 0.211. The fourth-order valence-corrected chi connectivity index (χ4v) is 2.48. The first kappa shape index (κ1) is 16.8. The Morgan fingerprint density at radius 3 is 2.36 bits per heavy atom. The second kappa shape index (κ2) is 6.84. The summed E-state index contributed by atoms with van der Waals surface area (Å²) in [5.41, 5.74) is 3.03. The van der Waals surface area contributed by atoms with Crippen LogP contribution in [0, 0.1) is 19.7 Å². The van der Waals surface area contributed by atoms with Crippen LogP contribution in [-0.2, 0) is 4.74 Å². The summed E-state index contributed by atoms with van der Waals surface area (Å²) in [5, 5.41) is 7.82. The van der Waals surface area contributed by atoms with Crippen molar-refractivity contribution >= 4 is 5.97 Å². The van der Waals surface area contributed by atoms with Crippen LogP contribution in [0.5, 0.6) is 0 Å². The van der Waals surface area contributed by atoms with Crippen LogP contribution < -0.4 is 0 Å². The zero-order chi connectivity index (χ0) is 18.0. The van der Waals surface area contributed by atoms with Gasteiger partial charge in [0.2, 0.25) is 5.89 Å². The van der Waals surface area contributed by atoms with Crippen LogP contribution in [0.4, 0.5) is 4.39 Å². The summed E-state index contributed by atoms with van der Waals surface area (Å²) in [6.07, 6.45) is -0.699. The number of halogens is 1. The number of carbonyl (C=O) groups excluding carboxylic acids is 1. The third-order valence-electron chi connectivity index (χ3n) is 3.62. The second-order valence-electron chi connectivity index (χ2n) is 5.88. The summed E-state index contributed by atoms with van der Waals surface area (Å²) in [6.45, 7) is 5.49. The lowest BCUT2D eigenvalue weighted by molar-refractivity contribution is 0.0279. The van der Waals surface area contributed by atoms with Crippen LogP contribution >= 0.6 is 0 Å². The molecule has 0 spiro atoms. The van der Waals surface area contributed by atoms with Gasteiger partial charge >= 0.3 is 5.97 Å². The van der Waals surface area contributed by atoms with Crippen LogP contribution in [0.15, 0.2) is 46.9 Å². The lowest BCUT2D eigenvalue weighted by Gasteiger charge is -2.10. The number of rotatable bonds is 4. The molecule has 0 bridgehead atoms. The molecule has 128 valence electrons. The molecule has 2 aromatic carbocycles. The van der Waals surface area contributed by atoms with Crippen molar-refractivity contribution in [1.29, 1.82) is 0 Å². The molecule has 25 heavy (non-hydrogen) atoms. The Morgan fingerprint density at radius 2 is 1.72 bits per heavy atom. The standard InChI is InChI=1S/C19H17FN2O3/c1-11-8-12(2)10-15(9-11)19(23)24-13(3)17-21-22-18(25-17)14-4-6-16(20)7-5-14/h4-10,13H,1-3H3/t13-/m0/s1. The molecule has 5 nitrogen and oxygen atoms in total. The topological polar surface area (TPSA) is 65.2 Å². The van der Waals surface area contributed by atoms with Crippen LogP contribution in [0.1, 0.15) is 40.4 Å². The third-order valence-corrected chi connectivity index (χ3v) is 3.62. The van der Waals surface area contributed by atoms with E-state index in [2.05, 4.69) is 10.2 Å². The van der Waals surface area contributed by atoms with Crippen LogP contribution in [0.2, 0.25) is 0 Å². The predicted molar refractivity (Wildman–Crippen MR) is 89.4 cm³/mol. The van der Waals surface area contributed by atoms with Crippen LogP contribution in [-0.4, -0.2) is 16.2 Å². The second-order valence-corrected chi connectivity index (χ2v) is 5.88. The van der Waals surface area contributed by atoms with E-state index in [9.17, 15) is 9.18 Å². The molecule has 3 rings (SSSR count). The van der Waals surface area contributed by atoms with Crippen LogP contribution in [0.25, 0.3) is 11.5 Å². The van der Waals surface area contributed by atoms with Crippen LogP contribution in [0.3, 0.4) is 0 Å². The van der Waals surface area contributed by atoms with Gasteiger partial charge in [0.15, 0.2) is 6.10 Å². The normalized spacial score (nSPS) is 12.0. The van der Waals surface area contributed by atoms with Gasteiger partial charge in [-0.05, 0) is 57.2 Å². The number of nitrogens with zero attached hydrogens (tertiary/aromatic N) is 2. The molecule has 0 saturated carbocycles. The van der Waals surface area contributed by atoms with E-state index >= 15 is 0 Å². The molecule has 1 atom stereocenters. The number of esters is 1. The molecule has 1 aromatic heterocycles. The quantitative estimate of drug-likeness (QED) is 0.658. The molecule has 0 aliphatic carbocycles. The average molecular weight is 340 g/mol. The minimum Gasteiger partial charge on any atom is -0.449 e. The average Bonchev–Trinajstić information content (AvgIpc) is 3.04. The van der Waals surface area contributed by atoms with E-state index in [-0.39, 0.29) is 17.6 Å². The minimum atomic E-state index is -0.699. The van der Waals surface area contributed by atoms with Crippen molar-refractivity contribution in [3.8, 4) is 11.5 Å². The highest BCUT2D eigenvalue weighted by molar-refractivity contribution is 5.90.